The van der Waals surface area contributed by atoms with E-state index in [0.717, 1.165) is 12.8 Å². The van der Waals surface area contributed by atoms with Gasteiger partial charge in [-0.25, -0.2) is 0 Å². The highest BCUT2D eigenvalue weighted by Crippen LogP contribution is 2.44. The molecular formula is C21H21N. The van der Waals surface area contributed by atoms with Crippen LogP contribution in [0.2, 0.25) is 0 Å². The largest absolute Gasteiger partial charge is 0.351 e. The van der Waals surface area contributed by atoms with Crippen LogP contribution in [0.1, 0.15) is 35.1 Å². The third-order valence-electron chi connectivity index (χ3n) is 5.10. The Kier molecular flexibility index (Phi) is 2.97. The van der Waals surface area contributed by atoms with Crippen molar-refractivity contribution in [3.05, 3.63) is 77.5 Å². The van der Waals surface area contributed by atoms with Crippen molar-refractivity contribution in [2.75, 3.05) is 0 Å². The SMILES string of the molecule is C=C1c2c(CC)cccc2CC1c1ccc2c(ccn2C)c1. The van der Waals surface area contributed by atoms with Gasteiger partial charge in [-0.3, -0.25) is 0 Å². The van der Waals surface area contributed by atoms with Crippen molar-refractivity contribution in [2.24, 2.45) is 7.05 Å². The molecule has 2 aromatic carbocycles. The number of aromatic nitrogens is 1. The monoisotopic (exact) mass is 287 g/mol. The Morgan fingerprint density at radius 2 is 2.05 bits per heavy atom. The van der Waals surface area contributed by atoms with Crippen LogP contribution in [0.4, 0.5) is 0 Å². The molecule has 4 rings (SSSR count). The standard InChI is InChI=1S/C21H21N/c1-4-15-6-5-7-18-13-19(14(2)21(15)18)16-8-9-20-17(12-16)10-11-22(20)3/h5-12,19H,2,4,13H2,1,3H3. The molecule has 1 atom stereocenters. The lowest BCUT2D eigenvalue weighted by Crippen LogP contribution is -1.97. The van der Waals surface area contributed by atoms with Crippen LogP contribution < -0.4 is 0 Å². The maximum atomic E-state index is 4.44. The molecule has 0 aliphatic heterocycles. The van der Waals surface area contributed by atoms with Crippen LogP contribution in [0.3, 0.4) is 0 Å². The minimum Gasteiger partial charge on any atom is -0.351 e. The molecule has 1 aromatic heterocycles. The molecule has 0 N–H and O–H groups in total. The number of hydrogen-bond acceptors (Lipinski definition) is 0. The fraction of sp³-hybridized carbons (Fsp3) is 0.238. The van der Waals surface area contributed by atoms with Gasteiger partial charge >= 0.3 is 0 Å². The summed E-state index contributed by atoms with van der Waals surface area (Å²) in [5.41, 5.74) is 8.29. The molecule has 0 radical (unpaired) electrons. The zero-order chi connectivity index (χ0) is 15.3. The minimum absolute atomic E-state index is 0.423. The summed E-state index contributed by atoms with van der Waals surface area (Å²) in [5, 5.41) is 1.32. The first-order valence-corrected chi connectivity index (χ1v) is 8.04. The van der Waals surface area contributed by atoms with E-state index in [-0.39, 0.29) is 0 Å². The van der Waals surface area contributed by atoms with Gasteiger partial charge in [0.1, 0.15) is 0 Å². The number of rotatable bonds is 2. The van der Waals surface area contributed by atoms with E-state index in [9.17, 15) is 0 Å². The predicted molar refractivity (Wildman–Crippen MR) is 94.2 cm³/mol. The quantitative estimate of drug-likeness (QED) is 0.618. The van der Waals surface area contributed by atoms with Crippen molar-refractivity contribution >= 4 is 16.5 Å². The van der Waals surface area contributed by atoms with Crippen LogP contribution in [0.5, 0.6) is 0 Å². The zero-order valence-corrected chi connectivity index (χ0v) is 13.3. The summed E-state index contributed by atoms with van der Waals surface area (Å²) in [6.07, 6.45) is 4.29. The molecule has 0 fully saturated rings. The Balaban J connectivity index is 1.79. The molecule has 0 saturated carbocycles. The van der Waals surface area contributed by atoms with Crippen LogP contribution in [-0.4, -0.2) is 4.57 Å². The van der Waals surface area contributed by atoms with Gasteiger partial charge in [0.25, 0.3) is 0 Å². The number of fused-ring (bicyclic) bond motifs is 2. The highest BCUT2D eigenvalue weighted by Gasteiger charge is 2.28. The molecule has 1 unspecified atom stereocenters. The van der Waals surface area contributed by atoms with Gasteiger partial charge in [-0.15, -0.1) is 0 Å². The first-order chi connectivity index (χ1) is 10.7. The molecular weight excluding hydrogens is 266 g/mol. The third-order valence-corrected chi connectivity index (χ3v) is 5.10. The lowest BCUT2D eigenvalue weighted by molar-refractivity contribution is 0.900. The first-order valence-electron chi connectivity index (χ1n) is 8.04. The van der Waals surface area contributed by atoms with Crippen molar-refractivity contribution in [2.45, 2.75) is 25.7 Å². The summed E-state index contributed by atoms with van der Waals surface area (Å²) in [6, 6.07) is 15.7. The van der Waals surface area contributed by atoms with Gasteiger partial charge in [-0.05, 0) is 64.3 Å². The molecule has 1 aliphatic carbocycles. The minimum atomic E-state index is 0.423. The predicted octanol–water partition coefficient (Wildman–Crippen LogP) is 5.09. The number of allylic oxidation sites excluding steroid dienone is 1. The molecule has 1 nitrogen and oxygen atoms in total. The van der Waals surface area contributed by atoms with Gasteiger partial charge in [-0.1, -0.05) is 37.8 Å². The van der Waals surface area contributed by atoms with Crippen LogP contribution in [0.25, 0.3) is 16.5 Å². The number of hydrogen-bond donors (Lipinski definition) is 0. The van der Waals surface area contributed by atoms with Gasteiger partial charge < -0.3 is 4.57 Å². The van der Waals surface area contributed by atoms with Gasteiger partial charge in [-0.2, -0.15) is 0 Å². The third kappa shape index (κ3) is 1.85. The Bertz CT molecular complexity index is 882. The lowest BCUT2D eigenvalue weighted by atomic mass is 9.91. The second-order valence-electron chi connectivity index (χ2n) is 6.33. The molecule has 0 bridgehead atoms. The van der Waals surface area contributed by atoms with Crippen LogP contribution in [-0.2, 0) is 19.9 Å². The topological polar surface area (TPSA) is 4.93 Å². The summed E-state index contributed by atoms with van der Waals surface area (Å²) in [5.74, 6) is 0.423. The smallest absolute Gasteiger partial charge is 0.0477 e. The zero-order valence-electron chi connectivity index (χ0n) is 13.3. The fourth-order valence-corrected chi connectivity index (χ4v) is 3.88. The van der Waals surface area contributed by atoms with Gasteiger partial charge in [0.15, 0.2) is 0 Å². The Labute approximate surface area is 131 Å². The number of benzene rings is 2. The van der Waals surface area contributed by atoms with E-state index >= 15 is 0 Å². The maximum absolute atomic E-state index is 4.44. The van der Waals surface area contributed by atoms with Crippen molar-refractivity contribution in [1.29, 1.82) is 0 Å². The molecule has 1 aliphatic rings. The fourth-order valence-electron chi connectivity index (χ4n) is 3.88. The van der Waals surface area contributed by atoms with Crippen LogP contribution in [0, 0.1) is 0 Å². The molecule has 0 spiro atoms. The van der Waals surface area contributed by atoms with E-state index in [4.69, 9.17) is 0 Å². The van der Waals surface area contributed by atoms with E-state index in [1.807, 2.05) is 0 Å². The van der Waals surface area contributed by atoms with Gasteiger partial charge in [0.05, 0.1) is 0 Å². The Hall–Kier alpha value is -2.28. The number of aryl methyl sites for hydroxylation is 2. The number of nitrogens with zero attached hydrogens (tertiary/aromatic N) is 1. The summed E-state index contributed by atoms with van der Waals surface area (Å²) >= 11 is 0. The molecule has 22 heavy (non-hydrogen) atoms. The van der Waals surface area contributed by atoms with E-state index in [2.05, 4.69) is 73.8 Å². The molecule has 0 saturated heterocycles. The van der Waals surface area contributed by atoms with Crippen molar-refractivity contribution < 1.29 is 0 Å². The Morgan fingerprint density at radius 3 is 2.86 bits per heavy atom. The van der Waals surface area contributed by atoms with Crippen molar-refractivity contribution in [1.82, 2.24) is 4.57 Å². The Morgan fingerprint density at radius 1 is 1.18 bits per heavy atom. The molecule has 0 amide bonds. The highest BCUT2D eigenvalue weighted by atomic mass is 14.9. The van der Waals surface area contributed by atoms with Crippen LogP contribution in [0.15, 0.2) is 55.2 Å². The van der Waals surface area contributed by atoms with E-state index in [1.165, 1.54) is 38.7 Å². The highest BCUT2D eigenvalue weighted by molar-refractivity contribution is 5.84. The lowest BCUT2D eigenvalue weighted by Gasteiger charge is -2.13. The van der Waals surface area contributed by atoms with Crippen molar-refractivity contribution in [3.8, 4) is 0 Å². The van der Waals surface area contributed by atoms with Gasteiger partial charge in [0, 0.05) is 24.7 Å². The van der Waals surface area contributed by atoms with E-state index in [0.29, 0.717) is 5.92 Å². The van der Waals surface area contributed by atoms with E-state index in [1.54, 1.807) is 0 Å². The normalized spacial score (nSPS) is 17.2. The maximum Gasteiger partial charge on any atom is 0.0477 e. The molecule has 3 aromatic rings. The summed E-state index contributed by atoms with van der Waals surface area (Å²) in [6.45, 7) is 6.67. The van der Waals surface area contributed by atoms with Crippen molar-refractivity contribution in [3.63, 3.8) is 0 Å². The average molecular weight is 287 g/mol. The molecule has 110 valence electrons. The second-order valence-corrected chi connectivity index (χ2v) is 6.33. The molecule has 1 heteroatoms. The van der Waals surface area contributed by atoms with Gasteiger partial charge in [0.2, 0.25) is 0 Å². The summed E-state index contributed by atoms with van der Waals surface area (Å²) in [4.78, 5) is 0. The average Bonchev–Trinajstić information content (AvgIpc) is 3.08. The molecule has 1 heterocycles. The first kappa shape index (κ1) is 13.4. The summed E-state index contributed by atoms with van der Waals surface area (Å²) in [7, 11) is 2.10. The second kappa shape index (κ2) is 4.88. The van der Waals surface area contributed by atoms with Crippen LogP contribution >= 0.6 is 0 Å². The summed E-state index contributed by atoms with van der Waals surface area (Å²) < 4.78 is 2.17. The van der Waals surface area contributed by atoms with E-state index < -0.39 is 0 Å².